The van der Waals surface area contributed by atoms with Gasteiger partial charge in [-0.3, -0.25) is 4.79 Å². The van der Waals surface area contributed by atoms with Crippen LogP contribution in [0, 0.1) is 0 Å². The van der Waals surface area contributed by atoms with E-state index in [2.05, 4.69) is 20.6 Å². The summed E-state index contributed by atoms with van der Waals surface area (Å²) in [5.41, 5.74) is 1.67. The van der Waals surface area contributed by atoms with E-state index in [0.717, 1.165) is 5.69 Å². The Kier molecular flexibility index (Phi) is 5.11. The van der Waals surface area contributed by atoms with Gasteiger partial charge in [0.15, 0.2) is 0 Å². The molecule has 25 heavy (non-hydrogen) atoms. The zero-order valence-electron chi connectivity index (χ0n) is 13.4. The van der Waals surface area contributed by atoms with Crippen molar-refractivity contribution in [3.8, 4) is 5.75 Å². The van der Waals surface area contributed by atoms with Crippen molar-refractivity contribution in [2.24, 2.45) is 0 Å². The molecule has 0 saturated heterocycles. The summed E-state index contributed by atoms with van der Waals surface area (Å²) in [4.78, 5) is 20.5. The van der Waals surface area contributed by atoms with Gasteiger partial charge in [-0.05, 0) is 36.4 Å². The van der Waals surface area contributed by atoms with Crippen LogP contribution < -0.4 is 15.4 Å². The average molecular weight is 355 g/mol. The highest BCUT2D eigenvalue weighted by Gasteiger charge is 2.10. The number of anilines is 3. The van der Waals surface area contributed by atoms with Crippen LogP contribution in [-0.2, 0) is 0 Å². The SMILES string of the molecule is COc1cccc(NC(=O)c2cc(Nc3ccc(Cl)cc3)ncn2)c1. The van der Waals surface area contributed by atoms with Gasteiger partial charge in [0.05, 0.1) is 7.11 Å². The molecule has 0 aliphatic rings. The van der Waals surface area contributed by atoms with Crippen molar-refractivity contribution in [3.63, 3.8) is 0 Å². The lowest BCUT2D eigenvalue weighted by atomic mass is 10.2. The largest absolute Gasteiger partial charge is 0.497 e. The molecule has 0 spiro atoms. The normalized spacial score (nSPS) is 10.2. The predicted molar refractivity (Wildman–Crippen MR) is 97.7 cm³/mol. The molecule has 1 heterocycles. The Hall–Kier alpha value is -3.12. The fraction of sp³-hybridized carbons (Fsp3) is 0.0556. The van der Waals surface area contributed by atoms with E-state index >= 15 is 0 Å². The molecule has 0 aliphatic heterocycles. The number of carbonyl (C=O) groups excluding carboxylic acids is 1. The van der Waals surface area contributed by atoms with Crippen LogP contribution in [0.5, 0.6) is 5.75 Å². The third-order valence-electron chi connectivity index (χ3n) is 3.34. The first-order valence-electron chi connectivity index (χ1n) is 7.44. The van der Waals surface area contributed by atoms with Crippen LogP contribution in [0.3, 0.4) is 0 Å². The Morgan fingerprint density at radius 2 is 1.84 bits per heavy atom. The average Bonchev–Trinajstić information content (AvgIpc) is 2.64. The summed E-state index contributed by atoms with van der Waals surface area (Å²) >= 11 is 5.86. The molecule has 0 fully saturated rings. The van der Waals surface area contributed by atoms with E-state index in [1.54, 1.807) is 49.6 Å². The van der Waals surface area contributed by atoms with E-state index in [1.807, 2.05) is 12.1 Å². The minimum atomic E-state index is -0.338. The summed E-state index contributed by atoms with van der Waals surface area (Å²) in [6.45, 7) is 0. The zero-order chi connectivity index (χ0) is 17.6. The molecule has 0 aliphatic carbocycles. The van der Waals surface area contributed by atoms with E-state index in [0.29, 0.717) is 22.3 Å². The number of aromatic nitrogens is 2. The molecule has 126 valence electrons. The van der Waals surface area contributed by atoms with Crippen LogP contribution in [0.4, 0.5) is 17.2 Å². The van der Waals surface area contributed by atoms with Crippen LogP contribution in [0.25, 0.3) is 0 Å². The van der Waals surface area contributed by atoms with Crippen LogP contribution in [0.2, 0.25) is 5.02 Å². The topological polar surface area (TPSA) is 76.1 Å². The van der Waals surface area contributed by atoms with Crippen molar-refractivity contribution in [2.75, 3.05) is 17.7 Å². The Morgan fingerprint density at radius 1 is 1.04 bits per heavy atom. The van der Waals surface area contributed by atoms with Gasteiger partial charge in [0.2, 0.25) is 0 Å². The predicted octanol–water partition coefficient (Wildman–Crippen LogP) is 4.13. The molecule has 2 N–H and O–H groups in total. The number of ether oxygens (including phenoxy) is 1. The second kappa shape index (κ2) is 7.63. The molecular formula is C18H15ClN4O2. The van der Waals surface area contributed by atoms with Gasteiger partial charge in [-0.15, -0.1) is 0 Å². The second-order valence-electron chi connectivity index (χ2n) is 5.11. The third kappa shape index (κ3) is 4.45. The van der Waals surface area contributed by atoms with Crippen LogP contribution in [-0.4, -0.2) is 23.0 Å². The van der Waals surface area contributed by atoms with Crippen LogP contribution >= 0.6 is 11.6 Å². The molecule has 6 nitrogen and oxygen atoms in total. The van der Waals surface area contributed by atoms with Crippen molar-refractivity contribution < 1.29 is 9.53 Å². The van der Waals surface area contributed by atoms with E-state index in [1.165, 1.54) is 6.33 Å². The van der Waals surface area contributed by atoms with E-state index in [-0.39, 0.29) is 11.6 Å². The number of nitrogens with zero attached hydrogens (tertiary/aromatic N) is 2. The lowest BCUT2D eigenvalue weighted by Crippen LogP contribution is -2.14. The van der Waals surface area contributed by atoms with Crippen molar-refractivity contribution >= 4 is 34.7 Å². The third-order valence-corrected chi connectivity index (χ3v) is 3.60. The minimum Gasteiger partial charge on any atom is -0.497 e. The summed E-state index contributed by atoms with van der Waals surface area (Å²) in [6, 6.07) is 15.8. The monoisotopic (exact) mass is 354 g/mol. The van der Waals surface area contributed by atoms with Crippen molar-refractivity contribution in [1.82, 2.24) is 9.97 Å². The van der Waals surface area contributed by atoms with Crippen molar-refractivity contribution in [2.45, 2.75) is 0 Å². The molecule has 0 saturated carbocycles. The molecule has 1 amide bonds. The number of rotatable bonds is 5. The second-order valence-corrected chi connectivity index (χ2v) is 5.54. The van der Waals surface area contributed by atoms with Crippen LogP contribution in [0.1, 0.15) is 10.5 Å². The molecule has 1 aromatic heterocycles. The van der Waals surface area contributed by atoms with Gasteiger partial charge in [-0.1, -0.05) is 17.7 Å². The maximum absolute atomic E-state index is 12.4. The summed E-state index contributed by atoms with van der Waals surface area (Å²) in [6.07, 6.45) is 1.33. The number of hydrogen-bond acceptors (Lipinski definition) is 5. The fourth-order valence-corrected chi connectivity index (χ4v) is 2.25. The molecular weight excluding hydrogens is 340 g/mol. The van der Waals surface area contributed by atoms with Gasteiger partial charge < -0.3 is 15.4 Å². The summed E-state index contributed by atoms with van der Waals surface area (Å²) in [5.74, 6) is 0.827. The van der Waals surface area contributed by atoms with Gasteiger partial charge >= 0.3 is 0 Å². The summed E-state index contributed by atoms with van der Waals surface area (Å²) < 4.78 is 5.14. The molecule has 7 heteroatoms. The Morgan fingerprint density at radius 3 is 2.60 bits per heavy atom. The van der Waals surface area contributed by atoms with Crippen LogP contribution in [0.15, 0.2) is 60.9 Å². The number of halogens is 1. The number of hydrogen-bond donors (Lipinski definition) is 2. The van der Waals surface area contributed by atoms with Gasteiger partial charge in [0.1, 0.15) is 23.6 Å². The van der Waals surface area contributed by atoms with Crippen molar-refractivity contribution in [3.05, 3.63) is 71.6 Å². The zero-order valence-corrected chi connectivity index (χ0v) is 14.1. The fourth-order valence-electron chi connectivity index (χ4n) is 2.13. The first-order valence-corrected chi connectivity index (χ1v) is 7.82. The lowest BCUT2D eigenvalue weighted by molar-refractivity contribution is 0.102. The molecule has 0 atom stereocenters. The molecule has 0 bridgehead atoms. The van der Waals surface area contributed by atoms with Gasteiger partial charge in [0, 0.05) is 28.5 Å². The van der Waals surface area contributed by atoms with E-state index < -0.39 is 0 Å². The first-order chi connectivity index (χ1) is 12.1. The minimum absolute atomic E-state index is 0.245. The van der Waals surface area contributed by atoms with E-state index in [9.17, 15) is 4.79 Å². The summed E-state index contributed by atoms with van der Waals surface area (Å²) in [7, 11) is 1.57. The Labute approximate surface area is 149 Å². The van der Waals surface area contributed by atoms with Gasteiger partial charge in [-0.2, -0.15) is 0 Å². The molecule has 0 radical (unpaired) electrons. The Balaban J connectivity index is 1.73. The highest BCUT2D eigenvalue weighted by atomic mass is 35.5. The summed E-state index contributed by atoms with van der Waals surface area (Å²) in [5, 5.41) is 6.52. The van der Waals surface area contributed by atoms with Crippen molar-refractivity contribution in [1.29, 1.82) is 0 Å². The molecule has 3 rings (SSSR count). The number of benzene rings is 2. The number of nitrogens with one attached hydrogen (secondary N) is 2. The first kappa shape index (κ1) is 16.7. The maximum Gasteiger partial charge on any atom is 0.274 e. The lowest BCUT2D eigenvalue weighted by Gasteiger charge is -2.08. The highest BCUT2D eigenvalue weighted by Crippen LogP contribution is 2.19. The molecule has 3 aromatic rings. The highest BCUT2D eigenvalue weighted by molar-refractivity contribution is 6.30. The quantitative estimate of drug-likeness (QED) is 0.720. The standard InChI is InChI=1S/C18H15ClN4O2/c1-25-15-4-2-3-14(9-15)23-18(24)16-10-17(21-11-20-16)22-13-7-5-12(19)6-8-13/h2-11H,1H3,(H,23,24)(H,20,21,22). The van der Waals surface area contributed by atoms with E-state index in [4.69, 9.17) is 16.3 Å². The maximum atomic E-state index is 12.4. The van der Waals surface area contributed by atoms with Gasteiger partial charge in [0.25, 0.3) is 5.91 Å². The number of methoxy groups -OCH3 is 1. The molecule has 2 aromatic carbocycles. The molecule has 0 unspecified atom stereocenters. The Bertz CT molecular complexity index is 884. The number of carbonyl (C=O) groups is 1. The number of amides is 1. The smallest absolute Gasteiger partial charge is 0.274 e. The van der Waals surface area contributed by atoms with Gasteiger partial charge in [-0.25, -0.2) is 9.97 Å².